The number of carbonyl (C=O) groups is 2. The number of rotatable bonds is 1. The van der Waals surface area contributed by atoms with Gasteiger partial charge in [-0.1, -0.05) is 28.1 Å². The van der Waals surface area contributed by atoms with E-state index in [-0.39, 0.29) is 24.5 Å². The maximum atomic E-state index is 12.6. The third-order valence-corrected chi connectivity index (χ3v) is 5.49. The van der Waals surface area contributed by atoms with Crippen LogP contribution in [0.1, 0.15) is 30.0 Å². The summed E-state index contributed by atoms with van der Waals surface area (Å²) >= 11 is 3.54. The number of fused-ring (bicyclic) bond motifs is 2. The minimum Gasteiger partial charge on any atom is -0.391 e. The number of hydrogen-bond acceptors (Lipinski definition) is 3. The van der Waals surface area contributed by atoms with Gasteiger partial charge in [0.15, 0.2) is 0 Å². The van der Waals surface area contributed by atoms with Crippen molar-refractivity contribution in [2.24, 2.45) is 0 Å². The molecule has 0 bridgehead atoms. The van der Waals surface area contributed by atoms with Gasteiger partial charge in [0.2, 0.25) is 0 Å². The molecule has 2 fully saturated rings. The van der Waals surface area contributed by atoms with E-state index in [0.29, 0.717) is 6.42 Å². The van der Waals surface area contributed by atoms with Gasteiger partial charge in [0, 0.05) is 17.4 Å². The van der Waals surface area contributed by atoms with Crippen LogP contribution in [0, 0.1) is 0 Å². The molecule has 0 spiro atoms. The van der Waals surface area contributed by atoms with Gasteiger partial charge in [-0.05, 0) is 30.0 Å². The van der Waals surface area contributed by atoms with Crippen molar-refractivity contribution in [2.45, 2.75) is 37.5 Å². The van der Waals surface area contributed by atoms with E-state index in [1.165, 1.54) is 15.4 Å². The van der Waals surface area contributed by atoms with Gasteiger partial charge < -0.3 is 10.0 Å². The molecule has 2 heterocycles. The van der Waals surface area contributed by atoms with Gasteiger partial charge in [-0.2, -0.15) is 0 Å². The minimum absolute atomic E-state index is 0.158. The number of urea groups is 1. The number of imide groups is 1. The topological polar surface area (TPSA) is 60.9 Å². The summed E-state index contributed by atoms with van der Waals surface area (Å²) in [6, 6.07) is 5.04. The molecule has 0 radical (unpaired) electrons. The van der Waals surface area contributed by atoms with Gasteiger partial charge in [-0.25, -0.2) is 4.79 Å². The molecule has 3 atom stereocenters. The lowest BCUT2D eigenvalue weighted by molar-refractivity contribution is -0.129. The highest BCUT2D eigenvalue weighted by Crippen LogP contribution is 2.42. The van der Waals surface area contributed by atoms with Gasteiger partial charge >= 0.3 is 6.03 Å². The number of aliphatic hydroxyl groups is 1. The van der Waals surface area contributed by atoms with Crippen molar-refractivity contribution >= 4 is 27.9 Å². The lowest BCUT2D eigenvalue weighted by Crippen LogP contribution is -2.37. The van der Waals surface area contributed by atoms with Crippen molar-refractivity contribution in [3.8, 4) is 0 Å². The fraction of sp³-hybridized carbons (Fsp3) is 0.467. The molecule has 1 aromatic carbocycles. The molecule has 0 saturated carbocycles. The molecule has 110 valence electrons. The number of carbonyl (C=O) groups excluding carboxylic acids is 2. The van der Waals surface area contributed by atoms with Gasteiger partial charge in [0.1, 0.15) is 6.04 Å². The number of nitrogens with zero attached hydrogens (tertiary/aromatic N) is 2. The first kappa shape index (κ1) is 13.3. The maximum absolute atomic E-state index is 12.6. The highest BCUT2D eigenvalue weighted by atomic mass is 79.9. The van der Waals surface area contributed by atoms with Crippen LogP contribution in [0.4, 0.5) is 4.79 Å². The van der Waals surface area contributed by atoms with Crippen molar-refractivity contribution in [2.75, 3.05) is 6.54 Å². The van der Waals surface area contributed by atoms with Crippen molar-refractivity contribution in [1.82, 2.24) is 9.80 Å². The number of hydrogen-bond donors (Lipinski definition) is 1. The van der Waals surface area contributed by atoms with Crippen LogP contribution in [0.2, 0.25) is 0 Å². The molecule has 3 amide bonds. The fourth-order valence-electron chi connectivity index (χ4n) is 3.80. The highest BCUT2D eigenvalue weighted by Gasteiger charge is 2.53. The average molecular weight is 351 g/mol. The molecule has 5 nitrogen and oxygen atoms in total. The normalized spacial score (nSPS) is 31.0. The summed E-state index contributed by atoms with van der Waals surface area (Å²) in [6.45, 7) is 0.268. The third kappa shape index (κ3) is 1.78. The summed E-state index contributed by atoms with van der Waals surface area (Å²) in [5.74, 6) is -0.158. The molecule has 3 aliphatic rings. The predicted octanol–water partition coefficient (Wildman–Crippen LogP) is 1.83. The predicted molar refractivity (Wildman–Crippen MR) is 78.6 cm³/mol. The van der Waals surface area contributed by atoms with E-state index in [9.17, 15) is 14.7 Å². The molecule has 2 saturated heterocycles. The molecular weight excluding hydrogens is 336 g/mol. The number of halogens is 1. The second kappa shape index (κ2) is 4.55. The van der Waals surface area contributed by atoms with E-state index in [2.05, 4.69) is 15.9 Å². The summed E-state index contributed by atoms with van der Waals surface area (Å²) in [5, 5.41) is 9.65. The standard InChI is InChI=1S/C15H15BrN2O3/c16-11-3-1-2-10-9(11)4-5-12(10)18-14(20)13-6-8(19)7-17(13)15(18)21/h1-3,8,12-13,19H,4-7H2/t8-,12+,13-/m1/s1. The summed E-state index contributed by atoms with van der Waals surface area (Å²) in [7, 11) is 0. The van der Waals surface area contributed by atoms with E-state index < -0.39 is 12.1 Å². The molecule has 1 N–H and O–H groups in total. The van der Waals surface area contributed by atoms with Crippen LogP contribution < -0.4 is 0 Å². The van der Waals surface area contributed by atoms with E-state index in [4.69, 9.17) is 0 Å². The summed E-state index contributed by atoms with van der Waals surface area (Å²) in [5.41, 5.74) is 2.25. The Bertz CT molecular complexity index is 624. The molecule has 2 aliphatic heterocycles. The Kier molecular flexibility index (Phi) is 2.87. The van der Waals surface area contributed by atoms with Crippen LogP contribution in [0.25, 0.3) is 0 Å². The highest BCUT2D eigenvalue weighted by molar-refractivity contribution is 9.10. The quantitative estimate of drug-likeness (QED) is 0.786. The van der Waals surface area contributed by atoms with Crippen molar-refractivity contribution in [1.29, 1.82) is 0 Å². The molecule has 4 rings (SSSR count). The third-order valence-electron chi connectivity index (χ3n) is 4.75. The SMILES string of the molecule is O=C1[C@H]2C[C@@H](O)CN2C(=O)N1[C@H]1CCc2c(Br)cccc21. The lowest BCUT2D eigenvalue weighted by atomic mass is 10.1. The van der Waals surface area contributed by atoms with Crippen LogP contribution in [0.15, 0.2) is 22.7 Å². The van der Waals surface area contributed by atoms with E-state index in [1.54, 1.807) is 0 Å². The van der Waals surface area contributed by atoms with Crippen molar-refractivity contribution in [3.05, 3.63) is 33.8 Å². The monoisotopic (exact) mass is 350 g/mol. The van der Waals surface area contributed by atoms with E-state index in [1.807, 2.05) is 18.2 Å². The molecule has 6 heteroatoms. The van der Waals surface area contributed by atoms with Crippen LogP contribution in [-0.4, -0.2) is 45.5 Å². The Morgan fingerprint density at radius 3 is 2.81 bits per heavy atom. The molecule has 21 heavy (non-hydrogen) atoms. The van der Waals surface area contributed by atoms with Crippen LogP contribution in [-0.2, 0) is 11.2 Å². The number of amides is 3. The number of aliphatic hydroxyl groups excluding tert-OH is 1. The van der Waals surface area contributed by atoms with Gasteiger partial charge in [-0.15, -0.1) is 0 Å². The Balaban J connectivity index is 1.69. The molecule has 1 aromatic rings. The molecule has 0 unspecified atom stereocenters. The first-order chi connectivity index (χ1) is 10.1. The zero-order chi connectivity index (χ0) is 14.7. The first-order valence-electron chi connectivity index (χ1n) is 7.17. The van der Waals surface area contributed by atoms with Crippen LogP contribution >= 0.6 is 15.9 Å². The summed E-state index contributed by atoms with van der Waals surface area (Å²) in [4.78, 5) is 28.0. The summed E-state index contributed by atoms with van der Waals surface area (Å²) in [6.07, 6.45) is 1.43. The number of benzene rings is 1. The van der Waals surface area contributed by atoms with Gasteiger partial charge in [-0.3, -0.25) is 9.69 Å². The lowest BCUT2D eigenvalue weighted by Gasteiger charge is -2.24. The van der Waals surface area contributed by atoms with Gasteiger partial charge in [0.25, 0.3) is 5.91 Å². The zero-order valence-electron chi connectivity index (χ0n) is 11.3. The first-order valence-corrected chi connectivity index (χ1v) is 7.96. The molecule has 0 aromatic heterocycles. The zero-order valence-corrected chi connectivity index (χ0v) is 12.9. The van der Waals surface area contributed by atoms with E-state index in [0.717, 1.165) is 22.9 Å². The maximum Gasteiger partial charge on any atom is 0.328 e. The Morgan fingerprint density at radius 1 is 1.24 bits per heavy atom. The Hall–Kier alpha value is -1.40. The van der Waals surface area contributed by atoms with Crippen molar-refractivity contribution < 1.29 is 14.7 Å². The smallest absolute Gasteiger partial charge is 0.328 e. The molecular formula is C15H15BrN2O3. The van der Waals surface area contributed by atoms with E-state index >= 15 is 0 Å². The van der Waals surface area contributed by atoms with Gasteiger partial charge in [0.05, 0.1) is 12.1 Å². The second-order valence-corrected chi connectivity index (χ2v) is 6.76. The van der Waals surface area contributed by atoms with Crippen molar-refractivity contribution in [3.63, 3.8) is 0 Å². The minimum atomic E-state index is -0.574. The summed E-state index contributed by atoms with van der Waals surface area (Å²) < 4.78 is 1.04. The second-order valence-electron chi connectivity index (χ2n) is 5.91. The van der Waals surface area contributed by atoms with Crippen LogP contribution in [0.5, 0.6) is 0 Å². The Labute approximate surface area is 130 Å². The fourth-order valence-corrected chi connectivity index (χ4v) is 4.38. The van der Waals surface area contributed by atoms with Crippen LogP contribution in [0.3, 0.4) is 0 Å². The molecule has 1 aliphatic carbocycles. The Morgan fingerprint density at radius 2 is 2.05 bits per heavy atom. The largest absolute Gasteiger partial charge is 0.391 e. The average Bonchev–Trinajstić information content (AvgIpc) is 3.08.